The molecule has 0 heterocycles. The predicted molar refractivity (Wildman–Crippen MR) is 97.9 cm³/mol. The highest BCUT2D eigenvalue weighted by molar-refractivity contribution is 5.94. The van der Waals surface area contributed by atoms with E-state index in [4.69, 9.17) is 4.74 Å². The number of quaternary nitrogens is 1. The summed E-state index contributed by atoms with van der Waals surface area (Å²) in [5, 5.41) is 5.50. The average molecular weight is 360 g/mol. The molecule has 0 fully saturated rings. The maximum atomic E-state index is 12.9. The highest BCUT2D eigenvalue weighted by Gasteiger charge is 2.24. The van der Waals surface area contributed by atoms with Gasteiger partial charge >= 0.3 is 0 Å². The molecule has 0 saturated carbocycles. The molecule has 2 aromatic carbocycles. The van der Waals surface area contributed by atoms with Gasteiger partial charge in [-0.1, -0.05) is 0 Å². The second kappa shape index (κ2) is 8.96. The van der Waals surface area contributed by atoms with Crippen molar-refractivity contribution in [1.82, 2.24) is 0 Å². The first-order chi connectivity index (χ1) is 12.4. The minimum atomic E-state index is -0.457. The summed E-state index contributed by atoms with van der Waals surface area (Å²) in [6, 6.07) is 12.1. The Morgan fingerprint density at radius 2 is 1.58 bits per heavy atom. The fourth-order valence-corrected chi connectivity index (χ4v) is 2.29. The number of carbonyl (C=O) groups is 2. The third-order valence-electron chi connectivity index (χ3n) is 4.06. The van der Waals surface area contributed by atoms with Crippen LogP contribution in [0.3, 0.4) is 0 Å². The van der Waals surface area contributed by atoms with Crippen molar-refractivity contribution in [2.75, 3.05) is 31.3 Å². The first-order valence-corrected chi connectivity index (χ1v) is 8.21. The van der Waals surface area contributed by atoms with Crippen molar-refractivity contribution in [3.05, 3.63) is 54.3 Å². The third-order valence-corrected chi connectivity index (χ3v) is 4.06. The molecule has 26 heavy (non-hydrogen) atoms. The quantitative estimate of drug-likeness (QED) is 0.697. The first-order valence-electron chi connectivity index (χ1n) is 8.21. The van der Waals surface area contributed by atoms with Crippen molar-refractivity contribution in [1.29, 1.82) is 0 Å². The minimum absolute atomic E-state index is 0.129. The molecular weight excluding hydrogens is 337 g/mol. The van der Waals surface area contributed by atoms with Gasteiger partial charge in [-0.25, -0.2) is 4.39 Å². The van der Waals surface area contributed by atoms with Gasteiger partial charge in [-0.15, -0.1) is 0 Å². The van der Waals surface area contributed by atoms with Crippen molar-refractivity contribution < 1.29 is 23.6 Å². The van der Waals surface area contributed by atoms with Crippen LogP contribution in [-0.2, 0) is 9.59 Å². The summed E-state index contributed by atoms with van der Waals surface area (Å²) in [5.41, 5.74) is 1.17. The van der Waals surface area contributed by atoms with Gasteiger partial charge in [0, 0.05) is 11.4 Å². The minimum Gasteiger partial charge on any atom is -0.497 e. The van der Waals surface area contributed by atoms with Crippen LogP contribution in [0.15, 0.2) is 48.5 Å². The van der Waals surface area contributed by atoms with E-state index in [2.05, 4.69) is 10.6 Å². The predicted octanol–water partition coefficient (Wildman–Crippen LogP) is 1.31. The van der Waals surface area contributed by atoms with Crippen molar-refractivity contribution >= 4 is 23.2 Å². The van der Waals surface area contributed by atoms with Crippen molar-refractivity contribution in [3.63, 3.8) is 0 Å². The summed E-state index contributed by atoms with van der Waals surface area (Å²) in [6.45, 7) is 1.86. The second-order valence-corrected chi connectivity index (χ2v) is 6.02. The molecular formula is C19H23FN3O3+. The van der Waals surface area contributed by atoms with E-state index in [0.717, 1.165) is 4.90 Å². The number of benzene rings is 2. The highest BCUT2D eigenvalue weighted by atomic mass is 19.1. The lowest BCUT2D eigenvalue weighted by molar-refractivity contribution is -0.885. The maximum absolute atomic E-state index is 12.9. The molecule has 2 rings (SSSR count). The fourth-order valence-electron chi connectivity index (χ4n) is 2.29. The fraction of sp³-hybridized carbons (Fsp3) is 0.263. The number of nitrogens with one attached hydrogen (secondary N) is 3. The Labute approximate surface area is 152 Å². The van der Waals surface area contributed by atoms with E-state index in [-0.39, 0.29) is 24.2 Å². The molecule has 3 N–H and O–H groups in total. The molecule has 2 aromatic rings. The number of rotatable bonds is 7. The standard InChI is InChI=1S/C19H22FN3O3/c1-13(19(25)22-16-6-4-14(20)5-7-16)23(2)12-18(24)21-15-8-10-17(26-3)11-9-15/h4-11,13H,12H2,1-3H3,(H,21,24)(H,22,25)/p+1/t13-/m0/s1. The molecule has 2 amide bonds. The molecule has 0 aliphatic carbocycles. The SMILES string of the molecule is COc1ccc(NC(=O)C[NH+](C)[C@@H](C)C(=O)Nc2ccc(F)cc2)cc1. The largest absolute Gasteiger partial charge is 0.497 e. The number of likely N-dealkylation sites (N-methyl/N-ethyl adjacent to an activating group) is 1. The van der Waals surface area contributed by atoms with Crippen molar-refractivity contribution in [2.24, 2.45) is 0 Å². The summed E-state index contributed by atoms with van der Waals surface area (Å²) in [4.78, 5) is 25.2. The van der Waals surface area contributed by atoms with Crippen molar-refractivity contribution in [2.45, 2.75) is 13.0 Å². The van der Waals surface area contributed by atoms with E-state index in [1.54, 1.807) is 45.3 Å². The Morgan fingerprint density at radius 3 is 2.15 bits per heavy atom. The van der Waals surface area contributed by atoms with E-state index in [1.165, 1.54) is 24.3 Å². The van der Waals surface area contributed by atoms with Crippen LogP contribution >= 0.6 is 0 Å². The number of hydrogen-bond acceptors (Lipinski definition) is 3. The van der Waals surface area contributed by atoms with Gasteiger partial charge in [0.15, 0.2) is 12.6 Å². The number of halogens is 1. The zero-order chi connectivity index (χ0) is 19.1. The molecule has 1 unspecified atom stereocenters. The van der Waals surface area contributed by atoms with Crippen LogP contribution in [0, 0.1) is 5.82 Å². The molecule has 0 saturated heterocycles. The topological polar surface area (TPSA) is 71.9 Å². The smallest absolute Gasteiger partial charge is 0.282 e. The number of amides is 2. The van der Waals surface area contributed by atoms with E-state index < -0.39 is 6.04 Å². The summed E-state index contributed by atoms with van der Waals surface area (Å²) >= 11 is 0. The van der Waals surface area contributed by atoms with Crippen LogP contribution in [-0.4, -0.2) is 38.6 Å². The van der Waals surface area contributed by atoms with Crippen LogP contribution in [0.1, 0.15) is 6.92 Å². The van der Waals surface area contributed by atoms with Gasteiger partial charge in [-0.2, -0.15) is 0 Å². The second-order valence-electron chi connectivity index (χ2n) is 6.02. The molecule has 0 spiro atoms. The molecule has 0 aliphatic heterocycles. The lowest BCUT2D eigenvalue weighted by atomic mass is 10.2. The van der Waals surface area contributed by atoms with Gasteiger partial charge in [-0.3, -0.25) is 9.59 Å². The summed E-state index contributed by atoms with van der Waals surface area (Å²) in [7, 11) is 3.34. The summed E-state index contributed by atoms with van der Waals surface area (Å²) in [5.74, 6) is -0.105. The summed E-state index contributed by atoms with van der Waals surface area (Å²) < 4.78 is 18.0. The maximum Gasteiger partial charge on any atom is 0.282 e. The molecule has 2 atom stereocenters. The van der Waals surface area contributed by atoms with Crippen LogP contribution < -0.4 is 20.3 Å². The molecule has 0 aromatic heterocycles. The lowest BCUT2D eigenvalue weighted by Gasteiger charge is -2.20. The van der Waals surface area contributed by atoms with Gasteiger partial charge in [0.1, 0.15) is 11.6 Å². The number of anilines is 2. The monoisotopic (exact) mass is 360 g/mol. The number of methoxy groups -OCH3 is 1. The van der Waals surface area contributed by atoms with Gasteiger partial charge < -0.3 is 20.3 Å². The Bertz CT molecular complexity index is 748. The lowest BCUT2D eigenvalue weighted by Crippen LogP contribution is -3.14. The number of carbonyl (C=O) groups excluding carboxylic acids is 2. The third kappa shape index (κ3) is 5.56. The van der Waals surface area contributed by atoms with Crippen LogP contribution in [0.4, 0.5) is 15.8 Å². The van der Waals surface area contributed by atoms with Crippen LogP contribution in [0.25, 0.3) is 0 Å². The molecule has 0 bridgehead atoms. The van der Waals surface area contributed by atoms with Crippen LogP contribution in [0.5, 0.6) is 5.75 Å². The molecule has 0 aliphatic rings. The average Bonchev–Trinajstić information content (AvgIpc) is 2.63. The van der Waals surface area contributed by atoms with E-state index >= 15 is 0 Å². The molecule has 7 heteroatoms. The molecule has 0 radical (unpaired) electrons. The molecule has 6 nitrogen and oxygen atoms in total. The van der Waals surface area contributed by atoms with Gasteiger partial charge in [0.05, 0.1) is 14.2 Å². The number of hydrogen-bond donors (Lipinski definition) is 3. The molecule has 138 valence electrons. The van der Waals surface area contributed by atoms with Gasteiger partial charge in [0.2, 0.25) is 0 Å². The normalized spacial score (nSPS) is 12.8. The Kier molecular flexibility index (Phi) is 6.68. The van der Waals surface area contributed by atoms with Gasteiger partial charge in [0.25, 0.3) is 11.8 Å². The van der Waals surface area contributed by atoms with Gasteiger partial charge in [-0.05, 0) is 55.5 Å². The Balaban J connectivity index is 1.86. The number of ether oxygens (including phenoxy) is 1. The van der Waals surface area contributed by atoms with Crippen LogP contribution in [0.2, 0.25) is 0 Å². The van der Waals surface area contributed by atoms with E-state index in [1.807, 2.05) is 0 Å². The zero-order valence-corrected chi connectivity index (χ0v) is 15.0. The van der Waals surface area contributed by atoms with Crippen molar-refractivity contribution in [3.8, 4) is 5.75 Å². The highest BCUT2D eigenvalue weighted by Crippen LogP contribution is 2.14. The Morgan fingerprint density at radius 1 is 1.04 bits per heavy atom. The Hall–Kier alpha value is -2.93. The first kappa shape index (κ1) is 19.4. The summed E-state index contributed by atoms with van der Waals surface area (Å²) in [6.07, 6.45) is 0. The van der Waals surface area contributed by atoms with E-state index in [0.29, 0.717) is 17.1 Å². The van der Waals surface area contributed by atoms with E-state index in [9.17, 15) is 14.0 Å². The zero-order valence-electron chi connectivity index (χ0n) is 15.0.